The first-order chi connectivity index (χ1) is 22.7. The van der Waals surface area contributed by atoms with Crippen LogP contribution in [0.2, 0.25) is 5.02 Å². The highest BCUT2D eigenvalue weighted by Gasteiger charge is 2.64. The van der Waals surface area contributed by atoms with Gasteiger partial charge in [0.1, 0.15) is 40.7 Å². The van der Waals surface area contributed by atoms with Gasteiger partial charge in [0.15, 0.2) is 5.72 Å². The molecule has 2 fully saturated rings. The van der Waals surface area contributed by atoms with Gasteiger partial charge in [0.2, 0.25) is 5.91 Å². The Kier molecular flexibility index (Phi) is 11.5. The molecule has 3 aliphatic rings. The Balaban J connectivity index is 1.79. The van der Waals surface area contributed by atoms with Gasteiger partial charge in [-0.05, 0) is 72.7 Å². The minimum atomic E-state index is -1.79. The van der Waals surface area contributed by atoms with E-state index in [9.17, 15) is 19.5 Å². The molecule has 0 spiro atoms. The third-order valence-electron chi connectivity index (χ3n) is 10.2. The SMILES string of the molecule is COc1cc2cc(c1Cl)N(C)C(=O)C[C@H](OC(=O)[C@H](C)N(C)C(C)(C)C)[C@]1(C)OC1[C@H](C)[C@@H]1CC(O)(NC(=O)O1)[C@H](OC)/C=C/C=C(\C)C2. The molecule has 13 heteroatoms. The number of hydrogen-bond acceptors (Lipinski definition) is 10. The van der Waals surface area contributed by atoms with Crippen molar-refractivity contribution >= 4 is 35.3 Å². The molecule has 1 aromatic rings. The van der Waals surface area contributed by atoms with Gasteiger partial charge in [0.25, 0.3) is 0 Å². The first-order valence-electron chi connectivity index (χ1n) is 16.6. The van der Waals surface area contributed by atoms with Gasteiger partial charge in [-0.25, -0.2) is 4.79 Å². The minimum Gasteiger partial charge on any atom is -0.495 e. The van der Waals surface area contributed by atoms with Crippen LogP contribution in [0.25, 0.3) is 0 Å². The molecule has 0 aliphatic carbocycles. The number of nitrogens with one attached hydrogen (secondary N) is 1. The number of ether oxygens (including phenoxy) is 5. The van der Waals surface area contributed by atoms with Crippen molar-refractivity contribution in [1.29, 1.82) is 0 Å². The number of aliphatic hydroxyl groups is 1. The summed E-state index contributed by atoms with van der Waals surface area (Å²) in [6.07, 6.45) is 1.48. The van der Waals surface area contributed by atoms with Crippen LogP contribution in [0, 0.1) is 5.92 Å². The number of esters is 1. The van der Waals surface area contributed by atoms with E-state index in [-0.39, 0.29) is 29.3 Å². The maximum absolute atomic E-state index is 14.1. The lowest BCUT2D eigenvalue weighted by Crippen LogP contribution is -2.63. The summed E-state index contributed by atoms with van der Waals surface area (Å²) in [6.45, 7) is 13.3. The molecule has 3 aliphatic heterocycles. The van der Waals surface area contributed by atoms with Crippen molar-refractivity contribution in [3.63, 3.8) is 0 Å². The van der Waals surface area contributed by atoms with Crippen LogP contribution in [0.1, 0.15) is 66.9 Å². The summed E-state index contributed by atoms with van der Waals surface area (Å²) in [5, 5.41) is 14.5. The number of halogens is 1. The number of likely N-dealkylation sites (N-methyl/N-ethyl adjacent to an activating group) is 1. The molecule has 49 heavy (non-hydrogen) atoms. The molecule has 4 bridgehead atoms. The highest BCUT2D eigenvalue weighted by Crippen LogP contribution is 2.49. The van der Waals surface area contributed by atoms with Crippen LogP contribution in [0.3, 0.4) is 0 Å². The van der Waals surface area contributed by atoms with E-state index in [1.807, 2.05) is 64.8 Å². The highest BCUT2D eigenvalue weighted by molar-refractivity contribution is 6.35. The Morgan fingerprint density at radius 3 is 2.53 bits per heavy atom. The van der Waals surface area contributed by atoms with E-state index in [0.29, 0.717) is 17.9 Å². The van der Waals surface area contributed by atoms with Crippen LogP contribution >= 0.6 is 11.6 Å². The number of benzene rings is 1. The number of fused-ring (bicyclic) bond motifs is 5. The molecule has 8 atom stereocenters. The summed E-state index contributed by atoms with van der Waals surface area (Å²) in [5.41, 5.74) is -1.00. The first kappa shape index (κ1) is 38.6. The van der Waals surface area contributed by atoms with Crippen LogP contribution in [-0.2, 0) is 35.0 Å². The van der Waals surface area contributed by atoms with Gasteiger partial charge >= 0.3 is 12.1 Å². The lowest BCUT2D eigenvalue weighted by molar-refractivity contribution is -0.160. The lowest BCUT2D eigenvalue weighted by Gasteiger charge is -2.42. The predicted molar refractivity (Wildman–Crippen MR) is 186 cm³/mol. The van der Waals surface area contributed by atoms with Crippen LogP contribution in [0.5, 0.6) is 5.75 Å². The molecule has 0 radical (unpaired) electrons. The number of amides is 2. The standard InChI is InChI=1S/C36H52ClN3O9/c1-20-13-12-14-27(46-11)36(44)19-26(47-33(43)38-36)21(2)31-35(7,49-31)28(48-32(42)22(3)40(9)34(4,5)6)18-29(41)39(8)24-16-23(15-20)17-25(45-10)30(24)37/h12-14,16-17,21-22,26-28,31,44H,15,18-19H2,1-11H3,(H,38,43)/b14-12+,20-13+/t21-,22+,26+,27-,28+,31?,35+,36?/m1/s1. The molecule has 2 N–H and O–H groups in total. The van der Waals surface area contributed by atoms with Gasteiger partial charge in [-0.15, -0.1) is 0 Å². The van der Waals surface area contributed by atoms with Gasteiger partial charge in [-0.2, -0.15) is 0 Å². The number of allylic oxidation sites excluding steroid dienone is 3. The fourth-order valence-electron chi connectivity index (χ4n) is 6.58. The van der Waals surface area contributed by atoms with Gasteiger partial charge in [0, 0.05) is 32.0 Å². The molecule has 1 aromatic carbocycles. The summed E-state index contributed by atoms with van der Waals surface area (Å²) in [6, 6.07) is 3.01. The topological polar surface area (TPSA) is 139 Å². The molecule has 3 heterocycles. The van der Waals surface area contributed by atoms with E-state index < -0.39 is 59.8 Å². The number of carbonyl (C=O) groups is 3. The molecule has 2 unspecified atom stereocenters. The van der Waals surface area contributed by atoms with Crippen LogP contribution in [-0.4, -0.2) is 104 Å². The number of anilines is 1. The summed E-state index contributed by atoms with van der Waals surface area (Å²) >= 11 is 6.75. The number of epoxide rings is 1. The number of nitrogens with zero attached hydrogens (tertiary/aromatic N) is 2. The predicted octanol–water partition coefficient (Wildman–Crippen LogP) is 4.79. The first-order valence-corrected chi connectivity index (χ1v) is 17.0. The zero-order valence-corrected chi connectivity index (χ0v) is 31.2. The summed E-state index contributed by atoms with van der Waals surface area (Å²) in [5.74, 6) is -0.938. The Bertz CT molecular complexity index is 1490. The Morgan fingerprint density at radius 1 is 1.24 bits per heavy atom. The second-order valence-corrected chi connectivity index (χ2v) is 15.1. The quantitative estimate of drug-likeness (QED) is 0.325. The number of hydrogen-bond donors (Lipinski definition) is 2. The maximum atomic E-state index is 14.1. The smallest absolute Gasteiger partial charge is 0.409 e. The average molecular weight is 706 g/mol. The Morgan fingerprint density at radius 2 is 1.92 bits per heavy atom. The number of methoxy groups -OCH3 is 2. The van der Waals surface area contributed by atoms with Crippen molar-refractivity contribution in [1.82, 2.24) is 10.2 Å². The van der Waals surface area contributed by atoms with Crippen molar-refractivity contribution < 1.29 is 43.2 Å². The second kappa shape index (κ2) is 14.6. The zero-order valence-electron chi connectivity index (χ0n) is 30.5. The number of alkyl carbamates (subject to hydrolysis) is 1. The van der Waals surface area contributed by atoms with Gasteiger partial charge < -0.3 is 33.7 Å². The van der Waals surface area contributed by atoms with Gasteiger partial charge in [0.05, 0.1) is 25.3 Å². The van der Waals surface area contributed by atoms with Crippen LogP contribution in [0.15, 0.2) is 35.9 Å². The van der Waals surface area contributed by atoms with Crippen molar-refractivity contribution in [2.75, 3.05) is 33.2 Å². The minimum absolute atomic E-state index is 0.00888. The van der Waals surface area contributed by atoms with E-state index in [0.717, 1.165) is 11.1 Å². The molecule has 12 nitrogen and oxygen atoms in total. The number of rotatable bonds is 5. The Hall–Kier alpha value is -3.16. The second-order valence-electron chi connectivity index (χ2n) is 14.7. The van der Waals surface area contributed by atoms with Crippen molar-refractivity contribution in [3.05, 3.63) is 46.5 Å². The molecular formula is C36H52ClN3O9. The summed E-state index contributed by atoms with van der Waals surface area (Å²) in [4.78, 5) is 43.9. The fourth-order valence-corrected chi connectivity index (χ4v) is 6.90. The van der Waals surface area contributed by atoms with E-state index in [1.165, 1.54) is 19.1 Å². The maximum Gasteiger partial charge on any atom is 0.409 e. The third-order valence-corrected chi connectivity index (χ3v) is 10.6. The zero-order chi connectivity index (χ0) is 36.6. The molecular weight excluding hydrogens is 654 g/mol. The van der Waals surface area contributed by atoms with Crippen molar-refractivity contribution in [2.24, 2.45) is 5.92 Å². The molecule has 272 valence electrons. The molecule has 0 saturated carbocycles. The average Bonchev–Trinajstić information content (AvgIpc) is 3.72. The van der Waals surface area contributed by atoms with Crippen LogP contribution < -0.4 is 15.0 Å². The fraction of sp³-hybridized carbons (Fsp3) is 0.639. The summed E-state index contributed by atoms with van der Waals surface area (Å²) in [7, 11) is 6.42. The van der Waals surface area contributed by atoms with E-state index in [4.69, 9.17) is 35.3 Å². The summed E-state index contributed by atoms with van der Waals surface area (Å²) < 4.78 is 29.3. The molecule has 0 aromatic heterocycles. The van der Waals surface area contributed by atoms with E-state index in [1.54, 1.807) is 33.0 Å². The van der Waals surface area contributed by atoms with Crippen molar-refractivity contribution in [3.8, 4) is 5.75 Å². The monoisotopic (exact) mass is 705 g/mol. The van der Waals surface area contributed by atoms with E-state index >= 15 is 0 Å². The number of carbonyl (C=O) groups excluding carboxylic acids is 3. The lowest BCUT2D eigenvalue weighted by atomic mass is 9.83. The van der Waals surface area contributed by atoms with Crippen LogP contribution in [0.4, 0.5) is 10.5 Å². The molecule has 2 saturated heterocycles. The normalized spacial score (nSPS) is 33.4. The van der Waals surface area contributed by atoms with Gasteiger partial charge in [-0.1, -0.05) is 42.3 Å². The largest absolute Gasteiger partial charge is 0.495 e. The molecule has 4 rings (SSSR count). The van der Waals surface area contributed by atoms with E-state index in [2.05, 4.69) is 5.32 Å². The molecule has 2 amide bonds. The Labute approximate surface area is 294 Å². The van der Waals surface area contributed by atoms with Gasteiger partial charge in [-0.3, -0.25) is 19.8 Å². The highest BCUT2D eigenvalue weighted by atomic mass is 35.5. The van der Waals surface area contributed by atoms with Crippen molar-refractivity contribution in [2.45, 2.75) is 115 Å². The third kappa shape index (κ3) is 8.26.